The minimum absolute atomic E-state index is 0.206. The molecule has 1 spiro atoms. The molecule has 0 aromatic carbocycles. The Kier molecular flexibility index (Phi) is 2.91. The lowest BCUT2D eigenvalue weighted by Crippen LogP contribution is -2.48. The molecule has 0 amide bonds. The Bertz CT molecular complexity index is 211. The van der Waals surface area contributed by atoms with Crippen LogP contribution in [-0.4, -0.2) is 48.3 Å². The van der Waals surface area contributed by atoms with Crippen LogP contribution in [0.5, 0.6) is 0 Å². The maximum absolute atomic E-state index is 9.39. The van der Waals surface area contributed by atoms with Crippen molar-refractivity contribution in [3.8, 4) is 0 Å². The van der Waals surface area contributed by atoms with Crippen LogP contribution in [0, 0.1) is 5.92 Å². The molecule has 3 heteroatoms. The molecule has 2 aliphatic heterocycles. The van der Waals surface area contributed by atoms with Gasteiger partial charge in [-0.15, -0.1) is 6.58 Å². The predicted octanol–water partition coefficient (Wildman–Crippen LogP) is 0.219. The van der Waals surface area contributed by atoms with Gasteiger partial charge in [0.25, 0.3) is 0 Å². The largest absolute Gasteiger partial charge is 0.396 e. The maximum atomic E-state index is 9.39. The lowest BCUT2D eigenvalue weighted by molar-refractivity contribution is 0.174. The van der Waals surface area contributed by atoms with Gasteiger partial charge in [-0.25, -0.2) is 0 Å². The highest BCUT2D eigenvalue weighted by atomic mass is 16.3. The van der Waals surface area contributed by atoms with E-state index in [4.69, 9.17) is 0 Å². The summed E-state index contributed by atoms with van der Waals surface area (Å²) in [6.07, 6.45) is 4.41. The SMILES string of the molecule is C=CCN1C[C@H](CO)[C@@]2(CCCN2)C1. The molecule has 14 heavy (non-hydrogen) atoms. The summed E-state index contributed by atoms with van der Waals surface area (Å²) in [7, 11) is 0. The van der Waals surface area contributed by atoms with Gasteiger partial charge < -0.3 is 10.4 Å². The molecular formula is C11H20N2O. The molecule has 2 atom stereocenters. The Morgan fingerprint density at radius 1 is 1.64 bits per heavy atom. The van der Waals surface area contributed by atoms with Gasteiger partial charge in [0.2, 0.25) is 0 Å². The van der Waals surface area contributed by atoms with E-state index < -0.39 is 0 Å². The standard InChI is InChI=1S/C11H20N2O/c1-2-6-13-7-10(8-14)11(9-13)4-3-5-12-11/h2,10,12,14H,1,3-9H2/t10-,11-/m1/s1. The highest BCUT2D eigenvalue weighted by Crippen LogP contribution is 2.34. The minimum Gasteiger partial charge on any atom is -0.396 e. The lowest BCUT2D eigenvalue weighted by Gasteiger charge is -2.29. The van der Waals surface area contributed by atoms with Gasteiger partial charge in [-0.2, -0.15) is 0 Å². The van der Waals surface area contributed by atoms with Crippen molar-refractivity contribution in [1.82, 2.24) is 10.2 Å². The van der Waals surface area contributed by atoms with Crippen LogP contribution >= 0.6 is 0 Å². The highest BCUT2D eigenvalue weighted by Gasteiger charge is 2.47. The first-order chi connectivity index (χ1) is 6.80. The van der Waals surface area contributed by atoms with Crippen LogP contribution in [-0.2, 0) is 0 Å². The highest BCUT2D eigenvalue weighted by molar-refractivity contribution is 5.06. The Morgan fingerprint density at radius 3 is 3.07 bits per heavy atom. The smallest absolute Gasteiger partial charge is 0.0489 e. The van der Waals surface area contributed by atoms with Crippen molar-refractivity contribution >= 4 is 0 Å². The third-order valence-corrected chi connectivity index (χ3v) is 3.65. The summed E-state index contributed by atoms with van der Waals surface area (Å²) in [5, 5.41) is 13.0. The van der Waals surface area contributed by atoms with E-state index >= 15 is 0 Å². The zero-order chi connectivity index (χ0) is 10.0. The lowest BCUT2D eigenvalue weighted by atomic mass is 9.86. The van der Waals surface area contributed by atoms with Crippen LogP contribution in [0.2, 0.25) is 0 Å². The average Bonchev–Trinajstić information content (AvgIpc) is 2.76. The summed E-state index contributed by atoms with van der Waals surface area (Å²) in [6, 6.07) is 0. The van der Waals surface area contributed by atoms with Gasteiger partial charge in [0.1, 0.15) is 0 Å². The van der Waals surface area contributed by atoms with E-state index in [0.717, 1.165) is 26.2 Å². The molecule has 80 valence electrons. The first kappa shape index (κ1) is 10.1. The van der Waals surface area contributed by atoms with Gasteiger partial charge in [0.05, 0.1) is 0 Å². The molecule has 2 heterocycles. The molecule has 2 fully saturated rings. The summed E-state index contributed by atoms with van der Waals surface area (Å²) in [5.41, 5.74) is 0.206. The molecule has 0 saturated carbocycles. The third-order valence-electron chi connectivity index (χ3n) is 3.65. The number of rotatable bonds is 3. The van der Waals surface area contributed by atoms with Crippen LogP contribution < -0.4 is 5.32 Å². The van der Waals surface area contributed by atoms with Gasteiger partial charge in [-0.05, 0) is 19.4 Å². The number of nitrogens with zero attached hydrogens (tertiary/aromatic N) is 1. The summed E-state index contributed by atoms with van der Waals surface area (Å²) in [4.78, 5) is 2.38. The normalized spacial score (nSPS) is 38.2. The van der Waals surface area contributed by atoms with Crippen molar-refractivity contribution in [2.24, 2.45) is 5.92 Å². The first-order valence-corrected chi connectivity index (χ1v) is 5.50. The summed E-state index contributed by atoms with van der Waals surface area (Å²) in [6.45, 7) is 8.21. The molecule has 0 radical (unpaired) electrons. The fourth-order valence-corrected chi connectivity index (χ4v) is 2.95. The number of hydrogen-bond acceptors (Lipinski definition) is 3. The number of nitrogens with one attached hydrogen (secondary N) is 1. The van der Waals surface area contributed by atoms with E-state index in [0.29, 0.717) is 12.5 Å². The Hall–Kier alpha value is -0.380. The molecule has 0 aromatic rings. The van der Waals surface area contributed by atoms with Crippen molar-refractivity contribution in [2.75, 3.05) is 32.8 Å². The van der Waals surface area contributed by atoms with E-state index in [2.05, 4.69) is 16.8 Å². The van der Waals surface area contributed by atoms with Gasteiger partial charge in [-0.1, -0.05) is 6.08 Å². The van der Waals surface area contributed by atoms with Crippen molar-refractivity contribution in [3.05, 3.63) is 12.7 Å². The van der Waals surface area contributed by atoms with Crippen molar-refractivity contribution in [2.45, 2.75) is 18.4 Å². The van der Waals surface area contributed by atoms with Gasteiger partial charge >= 0.3 is 0 Å². The number of likely N-dealkylation sites (tertiary alicyclic amines) is 1. The molecule has 0 aliphatic carbocycles. The second-order valence-electron chi connectivity index (χ2n) is 4.55. The number of aliphatic hydroxyl groups is 1. The summed E-state index contributed by atoms with van der Waals surface area (Å²) < 4.78 is 0. The number of hydrogen-bond donors (Lipinski definition) is 2. The summed E-state index contributed by atoms with van der Waals surface area (Å²) >= 11 is 0. The molecule has 2 aliphatic rings. The second-order valence-corrected chi connectivity index (χ2v) is 4.55. The fourth-order valence-electron chi connectivity index (χ4n) is 2.95. The van der Waals surface area contributed by atoms with Gasteiger partial charge in [0.15, 0.2) is 0 Å². The van der Waals surface area contributed by atoms with Crippen LogP contribution in [0.25, 0.3) is 0 Å². The number of aliphatic hydroxyl groups excluding tert-OH is 1. The van der Waals surface area contributed by atoms with Crippen molar-refractivity contribution in [1.29, 1.82) is 0 Å². The molecule has 0 aromatic heterocycles. The quantitative estimate of drug-likeness (QED) is 0.634. The van der Waals surface area contributed by atoms with Crippen LogP contribution in [0.1, 0.15) is 12.8 Å². The average molecular weight is 196 g/mol. The van der Waals surface area contributed by atoms with Crippen molar-refractivity contribution < 1.29 is 5.11 Å². The van der Waals surface area contributed by atoms with Gasteiger partial charge in [-0.3, -0.25) is 4.90 Å². The Labute approximate surface area is 85.8 Å². The van der Waals surface area contributed by atoms with E-state index in [-0.39, 0.29) is 5.54 Å². The monoisotopic (exact) mass is 196 g/mol. The molecule has 0 unspecified atom stereocenters. The van der Waals surface area contributed by atoms with E-state index in [1.54, 1.807) is 0 Å². The molecular weight excluding hydrogens is 176 g/mol. The van der Waals surface area contributed by atoms with Gasteiger partial charge in [0, 0.05) is 37.7 Å². The first-order valence-electron chi connectivity index (χ1n) is 5.50. The predicted molar refractivity (Wildman–Crippen MR) is 57.2 cm³/mol. The summed E-state index contributed by atoms with van der Waals surface area (Å²) in [5.74, 6) is 0.407. The van der Waals surface area contributed by atoms with Crippen LogP contribution in [0.4, 0.5) is 0 Å². The zero-order valence-electron chi connectivity index (χ0n) is 8.71. The molecule has 2 saturated heterocycles. The van der Waals surface area contributed by atoms with Crippen molar-refractivity contribution in [3.63, 3.8) is 0 Å². The molecule has 0 bridgehead atoms. The van der Waals surface area contributed by atoms with E-state index in [1.807, 2.05) is 6.08 Å². The Balaban J connectivity index is 2.05. The second kappa shape index (κ2) is 4.01. The third kappa shape index (κ3) is 1.60. The molecule has 2 rings (SSSR count). The molecule has 2 N–H and O–H groups in total. The molecule has 3 nitrogen and oxygen atoms in total. The fraction of sp³-hybridized carbons (Fsp3) is 0.818. The topological polar surface area (TPSA) is 35.5 Å². The minimum atomic E-state index is 0.206. The Morgan fingerprint density at radius 2 is 2.50 bits per heavy atom. The van der Waals surface area contributed by atoms with Crippen LogP contribution in [0.3, 0.4) is 0 Å². The van der Waals surface area contributed by atoms with E-state index in [1.165, 1.54) is 12.8 Å². The maximum Gasteiger partial charge on any atom is 0.0489 e. The van der Waals surface area contributed by atoms with E-state index in [9.17, 15) is 5.11 Å². The van der Waals surface area contributed by atoms with Crippen LogP contribution in [0.15, 0.2) is 12.7 Å². The zero-order valence-corrected chi connectivity index (χ0v) is 8.71.